The average molecular weight is 1610 g/mol. The van der Waals surface area contributed by atoms with Crippen LogP contribution in [0.4, 0.5) is 34.1 Å². The highest BCUT2D eigenvalue weighted by molar-refractivity contribution is 7.00. The lowest BCUT2D eigenvalue weighted by Crippen LogP contribution is -2.61. The van der Waals surface area contributed by atoms with E-state index < -0.39 is 0 Å². The molecule has 0 fully saturated rings. The molecule has 0 saturated heterocycles. The van der Waals surface area contributed by atoms with Crippen LogP contribution in [0.3, 0.4) is 0 Å². The topological polar surface area (TPSA) is 16.3 Å². The van der Waals surface area contributed by atoms with Gasteiger partial charge in [-0.05, 0) is 242 Å². The fourth-order valence-electron chi connectivity index (χ4n) is 22.7. The third kappa shape index (κ3) is 10.9. The number of aromatic nitrogens is 2. The van der Waals surface area contributed by atoms with E-state index in [1.807, 2.05) is 0 Å². The van der Waals surface area contributed by atoms with E-state index in [0.29, 0.717) is 0 Å². The Hall–Kier alpha value is -13.7. The van der Waals surface area contributed by atoms with Gasteiger partial charge >= 0.3 is 0 Å². The number of anilines is 6. The van der Waals surface area contributed by atoms with Crippen molar-refractivity contribution in [1.82, 2.24) is 9.13 Å². The average Bonchev–Trinajstić information content (AvgIpc) is 1.62. The maximum atomic E-state index is 2.78. The monoisotopic (exact) mass is 1610 g/mol. The van der Waals surface area contributed by atoms with Gasteiger partial charge in [-0.15, -0.1) is 0 Å². The minimum atomic E-state index is -0.381. The fourth-order valence-corrected chi connectivity index (χ4v) is 22.7. The van der Waals surface area contributed by atoms with Gasteiger partial charge in [0.15, 0.2) is 0 Å². The summed E-state index contributed by atoms with van der Waals surface area (Å²) in [6.45, 7) is 35.8. The Labute approximate surface area is 732 Å². The molecule has 2 aromatic heterocycles. The first-order chi connectivity index (χ1) is 60.2. The van der Waals surface area contributed by atoms with Crippen LogP contribution in [0.1, 0.15) is 132 Å². The van der Waals surface area contributed by atoms with E-state index in [0.717, 1.165) is 101 Å². The number of hydrogen-bond acceptors (Lipinski definition) is 2. The third-order valence-corrected chi connectivity index (χ3v) is 28.3. The molecule has 2 aliphatic rings. The van der Waals surface area contributed by atoms with Crippen molar-refractivity contribution in [3.05, 3.63) is 355 Å². The predicted octanol–water partition coefficient (Wildman–Crippen LogP) is 31.5. The van der Waals surface area contributed by atoms with Crippen molar-refractivity contribution < 1.29 is 0 Å². The van der Waals surface area contributed by atoms with E-state index >= 15 is 0 Å². The van der Waals surface area contributed by atoms with Gasteiger partial charge < -0.3 is 18.9 Å². The van der Waals surface area contributed by atoms with Gasteiger partial charge in [0, 0.05) is 77.9 Å². The molecule has 4 heterocycles. The number of benzene rings is 20. The fraction of sp³-hybridized carbons (Fsp3) is 0.167. The van der Waals surface area contributed by atoms with Crippen molar-refractivity contribution in [2.45, 2.75) is 131 Å². The Balaban J connectivity index is 0.891. The summed E-state index contributed by atoms with van der Waals surface area (Å²) in [6, 6.07) is 128. The molecule has 4 nitrogen and oxygen atoms in total. The van der Waals surface area contributed by atoms with E-state index in [-0.39, 0.29) is 33.8 Å². The molecule has 0 saturated carbocycles. The summed E-state index contributed by atoms with van der Waals surface area (Å²) in [7, 11) is 0. The second-order valence-corrected chi connectivity index (χ2v) is 41.1. The maximum Gasteiger partial charge on any atom is 0.252 e. The maximum absolute atomic E-state index is 2.78. The largest absolute Gasteiger partial charge is 0.310 e. The molecule has 0 radical (unpaired) electrons. The van der Waals surface area contributed by atoms with Crippen LogP contribution in [-0.4, -0.2) is 15.8 Å². The first-order valence-corrected chi connectivity index (χ1v) is 44.9. The van der Waals surface area contributed by atoms with Crippen molar-refractivity contribution in [2.75, 3.05) is 9.80 Å². The lowest BCUT2D eigenvalue weighted by Gasteiger charge is -2.46. The van der Waals surface area contributed by atoms with Gasteiger partial charge in [0.2, 0.25) is 0 Å². The van der Waals surface area contributed by atoms with Crippen LogP contribution in [0, 0.1) is 0 Å². The Morgan fingerprint density at radius 2 is 0.488 bits per heavy atom. The summed E-state index contributed by atoms with van der Waals surface area (Å²) >= 11 is 0. The molecule has 0 N–H and O–H groups in total. The molecule has 2 aliphatic heterocycles. The number of hydrogen-bond donors (Lipinski definition) is 0. The van der Waals surface area contributed by atoms with E-state index in [1.54, 1.807) is 0 Å². The second-order valence-electron chi connectivity index (χ2n) is 41.1. The van der Waals surface area contributed by atoms with E-state index in [1.165, 1.54) is 152 Å². The summed E-state index contributed by atoms with van der Waals surface area (Å²) in [5, 5.41) is 21.2. The van der Waals surface area contributed by atoms with Gasteiger partial charge in [-0.25, -0.2) is 0 Å². The Bertz CT molecular complexity index is 7840. The van der Waals surface area contributed by atoms with Crippen LogP contribution in [0.5, 0.6) is 0 Å². The number of rotatable bonds is 9. The molecule has 0 spiro atoms. The second kappa shape index (κ2) is 26.4. The lowest BCUT2D eigenvalue weighted by molar-refractivity contribution is 0.590. The van der Waals surface area contributed by atoms with E-state index in [2.05, 4.69) is 450 Å². The lowest BCUT2D eigenvalue weighted by atomic mass is 9.33. The summed E-state index contributed by atoms with van der Waals surface area (Å²) in [6.07, 6.45) is 0. The molecule has 5 heteroatoms. The van der Waals surface area contributed by atoms with E-state index in [9.17, 15) is 0 Å². The minimum Gasteiger partial charge on any atom is -0.310 e. The normalized spacial score (nSPS) is 13.5. The van der Waals surface area contributed by atoms with Gasteiger partial charge in [0.1, 0.15) is 0 Å². The molecule has 0 unspecified atom stereocenters. The van der Waals surface area contributed by atoms with Crippen LogP contribution in [0.2, 0.25) is 0 Å². The van der Waals surface area contributed by atoms with E-state index in [4.69, 9.17) is 0 Å². The molecule has 125 heavy (non-hydrogen) atoms. The molecule has 0 bridgehead atoms. The molecule has 0 atom stereocenters. The van der Waals surface area contributed by atoms with Crippen LogP contribution < -0.4 is 26.2 Å². The van der Waals surface area contributed by atoms with Gasteiger partial charge in [-0.2, -0.15) is 0 Å². The van der Waals surface area contributed by atoms with Crippen LogP contribution in [0.15, 0.2) is 328 Å². The minimum absolute atomic E-state index is 0.197. The standard InChI is InChI=1S/C120H99BN4/c1-116(2,3)76-62-103-113-104(63-76)125(115-89(73-42-27-19-28-43-73)60-75(70-36-21-16-22-37-70)61-90(115)74-44-29-20-30-45-74)98-65-78(123-101-68-93(119(10,11)12)87-54-34-50-83-84-51-35-55-88-94(120(13,14)15)69-102(123)112(108(84)88)111(101)107(83)87)57-59-96(98)121(113)95-58-56-77(64-97(95)124(103)114-79(71-38-23-17-24-39-71)46-31-47-80(114)72-40-25-18-26-41-72)122-99-66-91(117(4,5)6)85-52-32-48-81-82-49-33-53-86-92(118(7,8)9)67-100(122)110(106(82)86)109(99)105(81)85/h16-69H,1-15H3. The highest BCUT2D eigenvalue weighted by Gasteiger charge is 2.47. The number of para-hydroxylation sites is 1. The molecule has 602 valence electrons. The summed E-state index contributed by atoms with van der Waals surface area (Å²) in [5.41, 5.74) is 34.5. The number of fused-ring (bicyclic) bond motifs is 6. The summed E-state index contributed by atoms with van der Waals surface area (Å²) < 4.78 is 5.41. The first-order valence-electron chi connectivity index (χ1n) is 44.9. The SMILES string of the molecule is CC(C)(C)c1cc2c3c(c1)N(c1c(-c4ccccc4)cc(-c4ccccc4)cc1-c1ccccc1)c1cc(-n4c5cc(C(C)(C)C)c6cccc7c8cccc9c(C(C)(C)C)cc4c(c98)c5c67)ccc1B3c1ccc(-n3c4cc(C(C)(C)C)c5cccc6c7cccc8c(C(C)(C)C)cc3c(c87)c4c56)cc1N2c1c(-c2ccccc2)cccc1-c1ccccc1. The van der Waals surface area contributed by atoms with Gasteiger partial charge in [-0.3, -0.25) is 0 Å². The summed E-state index contributed by atoms with van der Waals surface area (Å²) in [4.78, 5) is 5.55. The molecule has 24 rings (SSSR count). The third-order valence-electron chi connectivity index (χ3n) is 28.3. The van der Waals surface area contributed by atoms with Crippen LogP contribution >= 0.6 is 0 Å². The smallest absolute Gasteiger partial charge is 0.252 e. The highest BCUT2D eigenvalue weighted by Crippen LogP contribution is 2.59. The predicted molar refractivity (Wildman–Crippen MR) is 540 cm³/mol. The summed E-state index contributed by atoms with van der Waals surface area (Å²) in [5.74, 6) is 0. The Kier molecular flexibility index (Phi) is 15.9. The zero-order chi connectivity index (χ0) is 85.1. The van der Waals surface area contributed by atoms with Crippen molar-refractivity contribution in [3.63, 3.8) is 0 Å². The molecular formula is C120H99BN4. The zero-order valence-corrected chi connectivity index (χ0v) is 74.0. The quantitative estimate of drug-likeness (QED) is 0.0813. The Morgan fingerprint density at radius 3 is 0.792 bits per heavy atom. The van der Waals surface area contributed by atoms with Gasteiger partial charge in [0.25, 0.3) is 6.71 Å². The number of nitrogens with zero attached hydrogens (tertiary/aromatic N) is 4. The van der Waals surface area contributed by atoms with Gasteiger partial charge in [-0.1, -0.05) is 359 Å². The van der Waals surface area contributed by atoms with Crippen molar-refractivity contribution in [2.24, 2.45) is 0 Å². The van der Waals surface area contributed by atoms with Gasteiger partial charge in [0.05, 0.1) is 33.4 Å². The van der Waals surface area contributed by atoms with Crippen molar-refractivity contribution in [1.29, 1.82) is 0 Å². The molecule has 0 amide bonds. The van der Waals surface area contributed by atoms with Crippen LogP contribution in [0.25, 0.3) is 175 Å². The molecule has 20 aromatic carbocycles. The highest BCUT2D eigenvalue weighted by atomic mass is 15.2. The molecule has 22 aromatic rings. The van der Waals surface area contributed by atoms with Crippen LogP contribution in [-0.2, 0) is 27.1 Å². The zero-order valence-electron chi connectivity index (χ0n) is 74.0. The molecular weight excluding hydrogens is 1510 g/mol. The first kappa shape index (κ1) is 75.0. The van der Waals surface area contributed by atoms with Crippen molar-refractivity contribution in [3.8, 4) is 67.0 Å². The van der Waals surface area contributed by atoms with Crippen molar-refractivity contribution >= 4 is 165 Å². The Morgan fingerprint density at radius 1 is 0.208 bits per heavy atom. The molecule has 0 aliphatic carbocycles.